The summed E-state index contributed by atoms with van der Waals surface area (Å²) in [6.45, 7) is 6.67. The lowest BCUT2D eigenvalue weighted by atomic mass is 10.1. The number of anilines is 1. The highest BCUT2D eigenvalue weighted by molar-refractivity contribution is 7.14. The topological polar surface area (TPSA) is 55.7 Å². The van der Waals surface area contributed by atoms with Crippen molar-refractivity contribution in [3.8, 4) is 22.8 Å². The van der Waals surface area contributed by atoms with E-state index in [1.165, 1.54) is 11.3 Å². The third-order valence-electron chi connectivity index (χ3n) is 4.43. The van der Waals surface area contributed by atoms with Crippen LogP contribution in [0.5, 0.6) is 11.5 Å². The summed E-state index contributed by atoms with van der Waals surface area (Å²) in [6.07, 6.45) is 6.40. The van der Waals surface area contributed by atoms with Gasteiger partial charge in [0.2, 0.25) is 5.13 Å². The van der Waals surface area contributed by atoms with Crippen molar-refractivity contribution in [3.05, 3.63) is 71.6 Å². The summed E-state index contributed by atoms with van der Waals surface area (Å²) in [7, 11) is 1.65. The van der Waals surface area contributed by atoms with Gasteiger partial charge in [-0.2, -0.15) is 5.10 Å². The predicted octanol–water partition coefficient (Wildman–Crippen LogP) is 6.17. The number of nitrogens with one attached hydrogen (secondary N) is 1. The van der Waals surface area contributed by atoms with Gasteiger partial charge in [-0.1, -0.05) is 49.8 Å². The molecule has 0 bridgehead atoms. The van der Waals surface area contributed by atoms with Crippen LogP contribution < -0.4 is 14.9 Å². The van der Waals surface area contributed by atoms with Crippen LogP contribution in [0.25, 0.3) is 11.3 Å². The zero-order chi connectivity index (χ0) is 21.2. The fourth-order valence-electron chi connectivity index (χ4n) is 2.93. The second-order valence-electron chi connectivity index (χ2n) is 6.68. The Kier molecular flexibility index (Phi) is 8.03. The maximum Gasteiger partial charge on any atom is 0.203 e. The first-order valence-electron chi connectivity index (χ1n) is 9.99. The highest BCUT2D eigenvalue weighted by Crippen LogP contribution is 2.33. The molecule has 0 amide bonds. The Balaban J connectivity index is 1.74. The molecular formula is C24H27N3O2S. The van der Waals surface area contributed by atoms with Gasteiger partial charge in [-0.25, -0.2) is 4.98 Å². The molecule has 3 aromatic rings. The monoisotopic (exact) mass is 421 g/mol. The zero-order valence-corrected chi connectivity index (χ0v) is 18.2. The molecule has 0 spiro atoms. The van der Waals surface area contributed by atoms with E-state index >= 15 is 0 Å². The van der Waals surface area contributed by atoms with E-state index in [0.29, 0.717) is 18.8 Å². The number of allylic oxidation sites excluding steroid dienone is 1. The molecule has 0 aliphatic heterocycles. The summed E-state index contributed by atoms with van der Waals surface area (Å²) < 4.78 is 11.6. The Morgan fingerprint density at radius 3 is 2.80 bits per heavy atom. The van der Waals surface area contributed by atoms with Crippen molar-refractivity contribution in [2.24, 2.45) is 5.10 Å². The van der Waals surface area contributed by atoms with Gasteiger partial charge in [-0.3, -0.25) is 5.43 Å². The lowest BCUT2D eigenvalue weighted by Gasteiger charge is -2.15. The average Bonchev–Trinajstić information content (AvgIpc) is 3.25. The standard InChI is InChI=1S/C24H27N3O2S/c1-4-6-13-29-23-20(10-5-2)14-18(15-22(23)28-3)16-25-27-24-26-21(17-30-24)19-11-8-7-9-12-19/h5,7-9,11-12,14-17H,2,4,6,10,13H2,1,3H3,(H,26,27). The summed E-state index contributed by atoms with van der Waals surface area (Å²) in [5.41, 5.74) is 6.98. The molecule has 0 aliphatic rings. The number of hydrazone groups is 1. The predicted molar refractivity (Wildman–Crippen MR) is 126 cm³/mol. The lowest BCUT2D eigenvalue weighted by molar-refractivity contribution is 0.286. The quantitative estimate of drug-likeness (QED) is 0.174. The van der Waals surface area contributed by atoms with Gasteiger partial charge in [-0.05, 0) is 30.5 Å². The highest BCUT2D eigenvalue weighted by atomic mass is 32.1. The van der Waals surface area contributed by atoms with Crippen LogP contribution >= 0.6 is 11.3 Å². The van der Waals surface area contributed by atoms with E-state index in [-0.39, 0.29) is 0 Å². The van der Waals surface area contributed by atoms with E-state index in [1.54, 1.807) is 13.3 Å². The Morgan fingerprint density at radius 2 is 2.07 bits per heavy atom. The molecule has 6 heteroatoms. The summed E-state index contributed by atoms with van der Waals surface area (Å²) in [5, 5.41) is 7.10. The summed E-state index contributed by atoms with van der Waals surface area (Å²) >= 11 is 1.52. The SMILES string of the molecule is C=CCc1cc(C=NNc2nc(-c3ccccc3)cs2)cc(OC)c1OCCCC. The molecule has 5 nitrogen and oxygen atoms in total. The Hall–Kier alpha value is -3.12. The summed E-state index contributed by atoms with van der Waals surface area (Å²) in [5.74, 6) is 1.48. The van der Waals surface area contributed by atoms with Crippen LogP contribution in [-0.4, -0.2) is 24.9 Å². The number of hydrogen-bond donors (Lipinski definition) is 1. The molecule has 156 valence electrons. The lowest BCUT2D eigenvalue weighted by Crippen LogP contribution is -2.03. The normalized spacial score (nSPS) is 10.9. The average molecular weight is 422 g/mol. The van der Waals surface area contributed by atoms with Crippen LogP contribution in [0.1, 0.15) is 30.9 Å². The number of methoxy groups -OCH3 is 1. The maximum atomic E-state index is 5.98. The van der Waals surface area contributed by atoms with Gasteiger partial charge in [-0.15, -0.1) is 17.9 Å². The molecule has 1 heterocycles. The number of aromatic nitrogens is 1. The van der Waals surface area contributed by atoms with Gasteiger partial charge in [0.15, 0.2) is 11.5 Å². The van der Waals surface area contributed by atoms with Gasteiger partial charge >= 0.3 is 0 Å². The molecule has 0 saturated heterocycles. The third-order valence-corrected chi connectivity index (χ3v) is 5.18. The molecule has 1 N–H and O–H groups in total. The third kappa shape index (κ3) is 5.70. The van der Waals surface area contributed by atoms with Crippen molar-refractivity contribution >= 4 is 22.7 Å². The second kappa shape index (κ2) is 11.2. The van der Waals surface area contributed by atoms with E-state index < -0.39 is 0 Å². The van der Waals surface area contributed by atoms with Crippen molar-refractivity contribution in [2.45, 2.75) is 26.2 Å². The first-order valence-corrected chi connectivity index (χ1v) is 10.9. The molecule has 3 rings (SSSR count). The van der Waals surface area contributed by atoms with Gasteiger partial charge in [0, 0.05) is 16.5 Å². The molecule has 0 radical (unpaired) electrons. The number of thiazole rings is 1. The second-order valence-corrected chi connectivity index (χ2v) is 7.54. The molecule has 30 heavy (non-hydrogen) atoms. The van der Waals surface area contributed by atoms with E-state index in [2.05, 4.69) is 29.0 Å². The van der Waals surface area contributed by atoms with Gasteiger partial charge in [0.25, 0.3) is 0 Å². The Bertz CT molecular complexity index is 983. The van der Waals surface area contributed by atoms with Crippen molar-refractivity contribution in [1.29, 1.82) is 0 Å². The van der Waals surface area contributed by atoms with Crippen LogP contribution in [0.15, 0.2) is 65.6 Å². The Morgan fingerprint density at radius 1 is 1.23 bits per heavy atom. The van der Waals surface area contributed by atoms with Gasteiger partial charge in [0.1, 0.15) is 0 Å². The number of nitrogens with zero attached hydrogens (tertiary/aromatic N) is 2. The van der Waals surface area contributed by atoms with Crippen molar-refractivity contribution in [2.75, 3.05) is 19.1 Å². The maximum absolute atomic E-state index is 5.98. The first kappa shape index (κ1) is 21.6. The summed E-state index contributed by atoms with van der Waals surface area (Å²) in [4.78, 5) is 4.58. The molecule has 2 aromatic carbocycles. The largest absolute Gasteiger partial charge is 0.493 e. The van der Waals surface area contributed by atoms with E-state index in [4.69, 9.17) is 9.47 Å². The minimum Gasteiger partial charge on any atom is -0.493 e. The number of unbranched alkanes of at least 4 members (excludes halogenated alkanes) is 1. The van der Waals surface area contributed by atoms with Crippen LogP contribution in [0, 0.1) is 0 Å². The highest BCUT2D eigenvalue weighted by Gasteiger charge is 2.12. The van der Waals surface area contributed by atoms with Crippen molar-refractivity contribution in [3.63, 3.8) is 0 Å². The minimum atomic E-state index is 0.666. The zero-order valence-electron chi connectivity index (χ0n) is 17.4. The molecule has 0 fully saturated rings. The molecule has 0 unspecified atom stereocenters. The van der Waals surface area contributed by atoms with Gasteiger partial charge < -0.3 is 9.47 Å². The molecule has 0 atom stereocenters. The molecule has 0 aliphatic carbocycles. The molecule has 0 saturated carbocycles. The molecule has 1 aromatic heterocycles. The molecular weight excluding hydrogens is 394 g/mol. The number of ether oxygens (including phenoxy) is 2. The first-order chi connectivity index (χ1) is 14.7. The smallest absolute Gasteiger partial charge is 0.203 e. The van der Waals surface area contributed by atoms with Crippen LogP contribution in [0.3, 0.4) is 0 Å². The number of hydrogen-bond acceptors (Lipinski definition) is 6. The number of rotatable bonds is 11. The van der Waals surface area contributed by atoms with Crippen molar-refractivity contribution < 1.29 is 9.47 Å². The van der Waals surface area contributed by atoms with E-state index in [1.807, 2.05) is 53.9 Å². The van der Waals surface area contributed by atoms with Crippen LogP contribution in [0.4, 0.5) is 5.13 Å². The van der Waals surface area contributed by atoms with Gasteiger partial charge in [0.05, 0.1) is 25.6 Å². The number of benzene rings is 2. The minimum absolute atomic E-state index is 0.666. The summed E-state index contributed by atoms with van der Waals surface area (Å²) in [6, 6.07) is 14.1. The van der Waals surface area contributed by atoms with Crippen LogP contribution in [-0.2, 0) is 6.42 Å². The van der Waals surface area contributed by atoms with E-state index in [9.17, 15) is 0 Å². The van der Waals surface area contributed by atoms with Crippen molar-refractivity contribution in [1.82, 2.24) is 4.98 Å². The fraction of sp³-hybridized carbons (Fsp3) is 0.250. The Labute approximate surface area is 182 Å². The van der Waals surface area contributed by atoms with E-state index in [0.717, 1.165) is 46.1 Å². The fourth-order valence-corrected chi connectivity index (χ4v) is 3.60. The van der Waals surface area contributed by atoms with Crippen LogP contribution in [0.2, 0.25) is 0 Å².